The molecule has 1 aliphatic carbocycles. The maximum atomic E-state index is 5.74. The maximum Gasteiger partial charge on any atom is 0.0228 e. The topological polar surface area (TPSA) is 0 Å². The maximum absolute atomic E-state index is 5.74. The molecule has 0 saturated heterocycles. The minimum atomic E-state index is 0.480. The summed E-state index contributed by atoms with van der Waals surface area (Å²) in [4.78, 5) is 0. The van der Waals surface area contributed by atoms with Gasteiger partial charge in [-0.25, -0.2) is 0 Å². The van der Waals surface area contributed by atoms with Crippen LogP contribution in [0.15, 0.2) is 12.2 Å². The van der Waals surface area contributed by atoms with Crippen LogP contribution in [-0.2, 0) is 0 Å². The first-order chi connectivity index (χ1) is 5.10. The van der Waals surface area contributed by atoms with Crippen LogP contribution in [0.1, 0.15) is 33.1 Å². The summed E-state index contributed by atoms with van der Waals surface area (Å²) in [6.07, 6.45) is 3.80. The Hall–Kier alpha value is 0.0300. The van der Waals surface area contributed by atoms with Crippen molar-refractivity contribution in [3.05, 3.63) is 12.2 Å². The van der Waals surface area contributed by atoms with Crippen molar-refractivity contribution in [1.29, 1.82) is 0 Å². The highest BCUT2D eigenvalue weighted by atomic mass is 35.5. The molecule has 0 aliphatic heterocycles. The Labute approximate surface area is 74.6 Å². The van der Waals surface area contributed by atoms with Crippen LogP contribution in [-0.4, -0.2) is 5.88 Å². The molecule has 0 heterocycles. The van der Waals surface area contributed by atoms with Gasteiger partial charge in [-0.2, -0.15) is 0 Å². The average molecular weight is 173 g/mol. The number of hydrogen-bond acceptors (Lipinski definition) is 0. The smallest absolute Gasteiger partial charge is 0.0228 e. The Morgan fingerprint density at radius 3 is 2.64 bits per heavy atom. The molecule has 0 radical (unpaired) electrons. The monoisotopic (exact) mass is 172 g/mol. The summed E-state index contributed by atoms with van der Waals surface area (Å²) in [5, 5.41) is 0. The lowest BCUT2D eigenvalue weighted by atomic mass is 9.58. The molecule has 0 spiro atoms. The summed E-state index contributed by atoms with van der Waals surface area (Å²) < 4.78 is 0. The lowest BCUT2D eigenvalue weighted by molar-refractivity contribution is 0.0765. The predicted octanol–water partition coefficient (Wildman–Crippen LogP) is 3.61. The molecule has 1 heteroatoms. The van der Waals surface area contributed by atoms with E-state index in [1.54, 1.807) is 0 Å². The van der Waals surface area contributed by atoms with Crippen LogP contribution in [0, 0.1) is 11.3 Å². The molecule has 0 aromatic rings. The van der Waals surface area contributed by atoms with Crippen molar-refractivity contribution < 1.29 is 0 Å². The van der Waals surface area contributed by atoms with Crippen LogP contribution in [0.4, 0.5) is 0 Å². The number of rotatable bonds is 3. The molecule has 0 amide bonds. The molecular weight excluding hydrogens is 156 g/mol. The van der Waals surface area contributed by atoms with Gasteiger partial charge in [0.05, 0.1) is 0 Å². The molecule has 2 unspecified atom stereocenters. The Bertz CT molecular complexity index is 162. The summed E-state index contributed by atoms with van der Waals surface area (Å²) >= 11 is 5.74. The van der Waals surface area contributed by atoms with Gasteiger partial charge in [-0.15, -0.1) is 11.6 Å². The van der Waals surface area contributed by atoms with Gasteiger partial charge < -0.3 is 0 Å². The summed E-state index contributed by atoms with van der Waals surface area (Å²) in [5.41, 5.74) is 1.82. The van der Waals surface area contributed by atoms with Gasteiger partial charge in [0.2, 0.25) is 0 Å². The van der Waals surface area contributed by atoms with E-state index in [9.17, 15) is 0 Å². The zero-order valence-corrected chi connectivity index (χ0v) is 8.25. The van der Waals surface area contributed by atoms with Crippen LogP contribution in [0.25, 0.3) is 0 Å². The van der Waals surface area contributed by atoms with E-state index in [1.807, 2.05) is 0 Å². The number of hydrogen-bond donors (Lipinski definition) is 0. The first kappa shape index (κ1) is 9.12. The average Bonchev–Trinajstić information content (AvgIpc) is 1.85. The zero-order chi connectivity index (χ0) is 8.48. The molecule has 2 atom stereocenters. The predicted molar refractivity (Wildman–Crippen MR) is 51.0 cm³/mol. The van der Waals surface area contributed by atoms with Gasteiger partial charge in [0.1, 0.15) is 0 Å². The van der Waals surface area contributed by atoms with Crippen molar-refractivity contribution in [1.82, 2.24) is 0 Å². The molecule has 64 valence electrons. The Morgan fingerprint density at radius 2 is 2.36 bits per heavy atom. The Kier molecular flexibility index (Phi) is 2.64. The Balaban J connectivity index is 2.52. The van der Waals surface area contributed by atoms with Crippen molar-refractivity contribution >= 4 is 11.6 Å². The van der Waals surface area contributed by atoms with E-state index in [-0.39, 0.29) is 0 Å². The highest BCUT2D eigenvalue weighted by molar-refractivity contribution is 6.17. The number of halogens is 1. The second-order valence-corrected chi connectivity index (χ2v) is 4.41. The third-order valence-electron chi connectivity index (χ3n) is 3.11. The molecule has 1 aliphatic rings. The molecule has 0 aromatic heterocycles. The largest absolute Gasteiger partial charge is 0.127 e. The van der Waals surface area contributed by atoms with Crippen molar-refractivity contribution in [3.8, 4) is 0 Å². The van der Waals surface area contributed by atoms with E-state index >= 15 is 0 Å². The molecule has 1 saturated carbocycles. The van der Waals surface area contributed by atoms with E-state index in [4.69, 9.17) is 11.6 Å². The molecule has 11 heavy (non-hydrogen) atoms. The van der Waals surface area contributed by atoms with Gasteiger partial charge >= 0.3 is 0 Å². The van der Waals surface area contributed by atoms with Gasteiger partial charge in [-0.1, -0.05) is 19.1 Å². The van der Waals surface area contributed by atoms with Crippen LogP contribution < -0.4 is 0 Å². The normalized spacial score (nSPS) is 36.5. The second-order valence-electron chi connectivity index (χ2n) is 4.03. The summed E-state index contributed by atoms with van der Waals surface area (Å²) in [6.45, 7) is 8.48. The molecular formula is C10H17Cl. The van der Waals surface area contributed by atoms with E-state index < -0.39 is 0 Å². The highest BCUT2D eigenvalue weighted by Gasteiger charge is 2.41. The Morgan fingerprint density at radius 1 is 1.73 bits per heavy atom. The fraction of sp³-hybridized carbons (Fsp3) is 0.800. The van der Waals surface area contributed by atoms with Crippen molar-refractivity contribution in [3.63, 3.8) is 0 Å². The van der Waals surface area contributed by atoms with Crippen LogP contribution in [0.5, 0.6) is 0 Å². The van der Waals surface area contributed by atoms with Gasteiger partial charge in [0.25, 0.3) is 0 Å². The molecule has 1 rings (SSSR count). The highest BCUT2D eigenvalue weighted by Crippen LogP contribution is 2.52. The van der Waals surface area contributed by atoms with Gasteiger partial charge in [0.15, 0.2) is 0 Å². The van der Waals surface area contributed by atoms with Crippen molar-refractivity contribution in [2.75, 3.05) is 5.88 Å². The zero-order valence-electron chi connectivity index (χ0n) is 7.49. The quantitative estimate of drug-likeness (QED) is 0.451. The third kappa shape index (κ3) is 1.61. The van der Waals surface area contributed by atoms with Crippen molar-refractivity contribution in [2.45, 2.75) is 33.1 Å². The lowest BCUT2D eigenvalue weighted by Gasteiger charge is -2.47. The minimum Gasteiger partial charge on any atom is -0.127 e. The molecule has 0 aromatic carbocycles. The van der Waals surface area contributed by atoms with E-state index in [2.05, 4.69) is 20.4 Å². The van der Waals surface area contributed by atoms with Gasteiger partial charge in [-0.3, -0.25) is 0 Å². The molecule has 1 fully saturated rings. The molecule has 0 N–H and O–H groups in total. The number of alkyl halides is 1. The summed E-state index contributed by atoms with van der Waals surface area (Å²) in [5.74, 6) is 1.53. The van der Waals surface area contributed by atoms with Crippen LogP contribution in [0.3, 0.4) is 0 Å². The van der Waals surface area contributed by atoms with Crippen LogP contribution in [0.2, 0.25) is 0 Å². The first-order valence-corrected chi connectivity index (χ1v) is 4.85. The summed E-state index contributed by atoms with van der Waals surface area (Å²) in [7, 11) is 0. The second kappa shape index (κ2) is 3.18. The lowest BCUT2D eigenvalue weighted by Crippen LogP contribution is -2.38. The fourth-order valence-corrected chi connectivity index (χ4v) is 2.57. The standard InChI is InChI=1S/C10H17Cl/c1-8(2)9-4-5-10(9,3)6-7-11/h9H,1,4-7H2,2-3H3. The van der Waals surface area contributed by atoms with E-state index in [1.165, 1.54) is 18.4 Å². The third-order valence-corrected chi connectivity index (χ3v) is 3.29. The minimum absolute atomic E-state index is 0.480. The molecule has 0 bridgehead atoms. The van der Waals surface area contributed by atoms with E-state index in [0.717, 1.165) is 18.2 Å². The van der Waals surface area contributed by atoms with Gasteiger partial charge in [-0.05, 0) is 37.5 Å². The fourth-order valence-electron chi connectivity index (χ4n) is 2.14. The summed E-state index contributed by atoms with van der Waals surface area (Å²) in [6, 6.07) is 0. The molecule has 0 nitrogen and oxygen atoms in total. The number of allylic oxidation sites excluding steroid dienone is 1. The van der Waals surface area contributed by atoms with E-state index in [0.29, 0.717) is 5.41 Å². The van der Waals surface area contributed by atoms with Gasteiger partial charge in [0, 0.05) is 5.88 Å². The SMILES string of the molecule is C=C(C)C1CCC1(C)CCCl. The van der Waals surface area contributed by atoms with Crippen molar-refractivity contribution in [2.24, 2.45) is 11.3 Å². The first-order valence-electron chi connectivity index (χ1n) is 4.31. The van der Waals surface area contributed by atoms with Crippen LogP contribution >= 0.6 is 11.6 Å².